The molecule has 0 spiro atoms. The van der Waals surface area contributed by atoms with Crippen LogP contribution in [0.1, 0.15) is 60.6 Å². The smallest absolute Gasteiger partial charge is 0.356 e. The molecular formula is C19H27N7O2. The lowest BCUT2D eigenvalue weighted by molar-refractivity contribution is 0.0594. The van der Waals surface area contributed by atoms with Gasteiger partial charge in [0, 0.05) is 42.9 Å². The topological polar surface area (TPSA) is 122 Å². The Balaban J connectivity index is 1.57. The molecule has 0 aromatic carbocycles. The van der Waals surface area contributed by atoms with Gasteiger partial charge in [-0.15, -0.1) is 0 Å². The summed E-state index contributed by atoms with van der Waals surface area (Å²) < 4.78 is 4.87. The second kappa shape index (κ2) is 7.75. The Bertz CT molecular complexity index is 841. The van der Waals surface area contributed by atoms with Gasteiger partial charge >= 0.3 is 5.97 Å². The average Bonchev–Trinajstić information content (AvgIpc) is 3.46. The van der Waals surface area contributed by atoms with E-state index in [-0.39, 0.29) is 11.7 Å². The first-order chi connectivity index (χ1) is 13.5. The molecule has 2 aromatic rings. The van der Waals surface area contributed by atoms with Crippen LogP contribution in [0.2, 0.25) is 0 Å². The van der Waals surface area contributed by atoms with Crippen LogP contribution >= 0.6 is 0 Å². The summed E-state index contributed by atoms with van der Waals surface area (Å²) in [6.07, 6.45) is 6.32. The molecule has 0 unspecified atom stereocenters. The summed E-state index contributed by atoms with van der Waals surface area (Å²) in [5, 5.41) is 10.5. The van der Waals surface area contributed by atoms with Crippen LogP contribution in [0.15, 0.2) is 12.1 Å². The minimum absolute atomic E-state index is 0.215. The third-order valence-electron chi connectivity index (χ3n) is 5.58. The maximum absolute atomic E-state index is 12.1. The van der Waals surface area contributed by atoms with Crippen LogP contribution in [0, 0.1) is 0 Å². The van der Waals surface area contributed by atoms with E-state index in [9.17, 15) is 4.79 Å². The Morgan fingerprint density at radius 1 is 1.18 bits per heavy atom. The fraction of sp³-hybridized carbons (Fsp3) is 0.579. The van der Waals surface area contributed by atoms with Crippen LogP contribution < -0.4 is 16.0 Å². The highest BCUT2D eigenvalue weighted by molar-refractivity contribution is 5.88. The van der Waals surface area contributed by atoms with Crippen LogP contribution in [0.5, 0.6) is 0 Å². The highest BCUT2D eigenvalue weighted by Crippen LogP contribution is 2.39. The Hall–Kier alpha value is -2.68. The maximum Gasteiger partial charge on any atom is 0.356 e. The molecule has 9 nitrogen and oxygen atoms in total. The molecule has 0 atom stereocenters. The maximum atomic E-state index is 12.1. The minimum atomic E-state index is -0.494. The predicted octanol–water partition coefficient (Wildman–Crippen LogP) is 2.31. The lowest BCUT2D eigenvalue weighted by Crippen LogP contribution is -2.39. The van der Waals surface area contributed by atoms with Gasteiger partial charge in [-0.3, -0.25) is 5.10 Å². The number of hydrogen-bond acceptors (Lipinski definition) is 8. The van der Waals surface area contributed by atoms with Crippen LogP contribution in [-0.4, -0.2) is 52.4 Å². The zero-order valence-electron chi connectivity index (χ0n) is 16.3. The van der Waals surface area contributed by atoms with E-state index in [0.717, 1.165) is 31.4 Å². The van der Waals surface area contributed by atoms with Crippen LogP contribution in [0.3, 0.4) is 0 Å². The van der Waals surface area contributed by atoms with Crippen LogP contribution in [0.4, 0.5) is 17.6 Å². The third-order valence-corrected chi connectivity index (χ3v) is 5.58. The molecule has 2 aliphatic rings. The van der Waals surface area contributed by atoms with E-state index in [1.54, 1.807) is 6.07 Å². The number of nitrogens with zero attached hydrogens (tertiary/aromatic N) is 4. The summed E-state index contributed by atoms with van der Waals surface area (Å²) in [5.41, 5.74) is 7.37. The first-order valence-corrected chi connectivity index (χ1v) is 9.81. The second-order valence-electron chi connectivity index (χ2n) is 7.72. The molecule has 2 heterocycles. The number of aromatic amines is 1. The number of nitrogens with two attached hydrogens (primary N) is 1. The van der Waals surface area contributed by atoms with Crippen LogP contribution in [0.25, 0.3) is 0 Å². The van der Waals surface area contributed by atoms with Crippen molar-refractivity contribution in [2.75, 3.05) is 24.4 Å². The van der Waals surface area contributed by atoms with Gasteiger partial charge in [-0.25, -0.2) is 9.78 Å². The number of anilines is 3. The Labute approximate surface area is 164 Å². The van der Waals surface area contributed by atoms with Crippen molar-refractivity contribution >= 4 is 23.6 Å². The molecule has 2 aliphatic carbocycles. The summed E-state index contributed by atoms with van der Waals surface area (Å²) >= 11 is 0. The molecule has 150 valence electrons. The average molecular weight is 385 g/mol. The molecule has 2 aromatic heterocycles. The van der Waals surface area contributed by atoms with Gasteiger partial charge in [0.15, 0.2) is 11.5 Å². The number of methoxy groups -OCH3 is 1. The zero-order chi connectivity index (χ0) is 19.7. The molecule has 4 N–H and O–H groups in total. The fourth-order valence-corrected chi connectivity index (χ4v) is 3.65. The molecule has 0 saturated heterocycles. The van der Waals surface area contributed by atoms with E-state index in [1.165, 1.54) is 20.0 Å². The van der Waals surface area contributed by atoms with Gasteiger partial charge in [-0.05, 0) is 38.5 Å². The number of ether oxygens (including phenoxy) is 1. The van der Waals surface area contributed by atoms with E-state index in [4.69, 9.17) is 10.5 Å². The summed E-state index contributed by atoms with van der Waals surface area (Å²) in [6, 6.07) is 4.14. The van der Waals surface area contributed by atoms with E-state index >= 15 is 0 Å². The highest BCUT2D eigenvalue weighted by atomic mass is 16.5. The quantitative estimate of drug-likeness (QED) is 0.648. The van der Waals surface area contributed by atoms with Crippen molar-refractivity contribution in [1.82, 2.24) is 20.2 Å². The van der Waals surface area contributed by atoms with Crippen LogP contribution in [-0.2, 0) is 4.74 Å². The predicted molar refractivity (Wildman–Crippen MR) is 106 cm³/mol. The van der Waals surface area contributed by atoms with Gasteiger partial charge in [0.1, 0.15) is 5.82 Å². The number of aromatic nitrogens is 4. The standard InChI is InChI=1S/C19H27N7O2/c1-26(13-7-5-12(20)6-8-13)19-21-15(18(27)28-2)10-16(23-19)22-17-9-14(24-25-17)11-3-4-11/h9-13H,3-8,20H2,1-2H3,(H2,21,22,23,24,25). The largest absolute Gasteiger partial charge is 0.464 e. The van der Waals surface area contributed by atoms with Crippen molar-refractivity contribution < 1.29 is 9.53 Å². The van der Waals surface area contributed by atoms with Crippen molar-refractivity contribution in [3.8, 4) is 0 Å². The molecule has 0 bridgehead atoms. The molecule has 0 aliphatic heterocycles. The van der Waals surface area contributed by atoms with Crippen molar-refractivity contribution in [2.45, 2.75) is 56.5 Å². The molecule has 9 heteroatoms. The summed E-state index contributed by atoms with van der Waals surface area (Å²) in [7, 11) is 3.31. The summed E-state index contributed by atoms with van der Waals surface area (Å²) in [6.45, 7) is 0. The highest BCUT2D eigenvalue weighted by Gasteiger charge is 2.27. The molecule has 2 saturated carbocycles. The van der Waals surface area contributed by atoms with Gasteiger partial charge < -0.3 is 20.7 Å². The number of H-pyrrole nitrogens is 1. The lowest BCUT2D eigenvalue weighted by atomic mass is 9.91. The van der Waals surface area contributed by atoms with E-state index in [0.29, 0.717) is 29.5 Å². The first kappa shape index (κ1) is 18.7. The molecular weight excluding hydrogens is 358 g/mol. The third kappa shape index (κ3) is 4.09. The van der Waals surface area contributed by atoms with Crippen molar-refractivity contribution in [3.63, 3.8) is 0 Å². The molecule has 4 rings (SSSR count). The number of carbonyl (C=O) groups is 1. The van der Waals surface area contributed by atoms with E-state index < -0.39 is 5.97 Å². The molecule has 2 fully saturated rings. The number of carbonyl (C=O) groups excluding carboxylic acids is 1. The van der Waals surface area contributed by atoms with Gasteiger partial charge in [0.05, 0.1) is 7.11 Å². The van der Waals surface area contributed by atoms with Gasteiger partial charge in [0.2, 0.25) is 5.95 Å². The zero-order valence-corrected chi connectivity index (χ0v) is 16.3. The second-order valence-corrected chi connectivity index (χ2v) is 7.72. The van der Waals surface area contributed by atoms with Crippen molar-refractivity contribution in [3.05, 3.63) is 23.5 Å². The Morgan fingerprint density at radius 3 is 2.61 bits per heavy atom. The van der Waals surface area contributed by atoms with Gasteiger partial charge in [-0.2, -0.15) is 10.1 Å². The molecule has 0 amide bonds. The number of esters is 1. The Kier molecular flexibility index (Phi) is 5.17. The minimum Gasteiger partial charge on any atom is -0.464 e. The lowest BCUT2D eigenvalue weighted by Gasteiger charge is -2.33. The fourth-order valence-electron chi connectivity index (χ4n) is 3.65. The monoisotopic (exact) mass is 385 g/mol. The van der Waals surface area contributed by atoms with E-state index in [1.807, 2.05) is 18.0 Å². The summed E-state index contributed by atoms with van der Waals surface area (Å²) in [4.78, 5) is 23.2. The van der Waals surface area contributed by atoms with Crippen molar-refractivity contribution in [1.29, 1.82) is 0 Å². The van der Waals surface area contributed by atoms with Gasteiger partial charge in [0.25, 0.3) is 0 Å². The number of rotatable bonds is 6. The first-order valence-electron chi connectivity index (χ1n) is 9.81. The normalized spacial score (nSPS) is 22.0. The van der Waals surface area contributed by atoms with E-state index in [2.05, 4.69) is 25.5 Å². The Morgan fingerprint density at radius 2 is 1.93 bits per heavy atom. The van der Waals surface area contributed by atoms with Gasteiger partial charge in [-0.1, -0.05) is 0 Å². The SMILES string of the molecule is COC(=O)c1cc(Nc2cc(C3CC3)[nH]n2)nc(N(C)C2CCC(N)CC2)n1. The summed E-state index contributed by atoms with van der Waals surface area (Å²) in [5.74, 6) is 1.76. The molecule has 28 heavy (non-hydrogen) atoms. The number of nitrogens with one attached hydrogen (secondary N) is 2. The molecule has 0 radical (unpaired) electrons. The van der Waals surface area contributed by atoms with Crippen molar-refractivity contribution in [2.24, 2.45) is 5.73 Å². The number of hydrogen-bond donors (Lipinski definition) is 3.